The number of rotatable bonds is 8. The maximum absolute atomic E-state index is 13.2. The van der Waals surface area contributed by atoms with Gasteiger partial charge in [-0.15, -0.1) is 0 Å². The Hall–Kier alpha value is -3.29. The summed E-state index contributed by atoms with van der Waals surface area (Å²) in [6.45, 7) is 4.00. The molecule has 1 aliphatic carbocycles. The fourth-order valence-corrected chi connectivity index (χ4v) is 4.27. The number of benzene rings is 1. The molecule has 8 heteroatoms. The molecule has 3 rings (SSSR count). The van der Waals surface area contributed by atoms with Crippen LogP contribution < -0.4 is 25.5 Å². The average Bonchev–Trinajstić information content (AvgIpc) is 3.10. The van der Waals surface area contributed by atoms with E-state index in [1.807, 2.05) is 19.9 Å². The summed E-state index contributed by atoms with van der Waals surface area (Å²) >= 11 is 0. The minimum atomic E-state index is -0.571. The number of hydrogen-bond acceptors (Lipinski definition) is 5. The second-order valence-corrected chi connectivity index (χ2v) is 8.95. The zero-order chi connectivity index (χ0) is 24.7. The Labute approximate surface area is 200 Å². The molecule has 1 heterocycles. The van der Waals surface area contributed by atoms with Gasteiger partial charge in [0.25, 0.3) is 11.8 Å². The van der Waals surface area contributed by atoms with E-state index in [9.17, 15) is 14.4 Å². The summed E-state index contributed by atoms with van der Waals surface area (Å²) < 4.78 is 12.4. The second-order valence-electron chi connectivity index (χ2n) is 8.95. The van der Waals surface area contributed by atoms with Crippen LogP contribution in [0, 0.1) is 0 Å². The van der Waals surface area contributed by atoms with Crippen molar-refractivity contribution in [2.45, 2.75) is 71.0 Å². The summed E-state index contributed by atoms with van der Waals surface area (Å²) in [4.78, 5) is 39.3. The van der Waals surface area contributed by atoms with E-state index in [1.165, 1.54) is 26.1 Å². The summed E-state index contributed by atoms with van der Waals surface area (Å²) in [6.07, 6.45) is 9.34. The molecule has 0 unspecified atom stereocenters. The van der Waals surface area contributed by atoms with Gasteiger partial charge in [-0.05, 0) is 32.8 Å². The molecule has 1 saturated carbocycles. The molecule has 0 atom stereocenters. The van der Waals surface area contributed by atoms with Crippen LogP contribution in [-0.4, -0.2) is 36.6 Å². The van der Waals surface area contributed by atoms with Gasteiger partial charge < -0.3 is 24.7 Å². The first-order chi connectivity index (χ1) is 16.3. The fraction of sp³-hybridized carbons (Fsp3) is 0.500. The van der Waals surface area contributed by atoms with Crippen LogP contribution in [0.15, 0.2) is 35.4 Å². The van der Waals surface area contributed by atoms with Crippen molar-refractivity contribution in [3.05, 3.63) is 57.5 Å². The molecule has 0 aliphatic heterocycles. The first kappa shape index (κ1) is 25.3. The molecule has 0 spiro atoms. The van der Waals surface area contributed by atoms with Gasteiger partial charge in [0, 0.05) is 36.6 Å². The number of nitrogens with one attached hydrogen (secondary N) is 2. The molecule has 1 aromatic carbocycles. The molecule has 2 aromatic rings. The highest BCUT2D eigenvalue weighted by Crippen LogP contribution is 2.30. The highest BCUT2D eigenvalue weighted by Gasteiger charge is 2.23. The van der Waals surface area contributed by atoms with Gasteiger partial charge >= 0.3 is 0 Å². The van der Waals surface area contributed by atoms with Crippen molar-refractivity contribution in [1.29, 1.82) is 0 Å². The van der Waals surface area contributed by atoms with Gasteiger partial charge in [0.15, 0.2) is 11.5 Å². The Morgan fingerprint density at radius 1 is 1.00 bits per heavy atom. The van der Waals surface area contributed by atoms with E-state index in [0.717, 1.165) is 25.7 Å². The first-order valence-corrected chi connectivity index (χ1v) is 11.9. The van der Waals surface area contributed by atoms with Crippen LogP contribution in [0.25, 0.3) is 0 Å². The Bertz CT molecular complexity index is 1070. The number of carbonyl (C=O) groups excluding carboxylic acids is 2. The highest BCUT2D eigenvalue weighted by molar-refractivity contribution is 5.99. The molecular formula is C26H35N3O5. The van der Waals surface area contributed by atoms with Crippen LogP contribution in [0.4, 0.5) is 0 Å². The number of pyridine rings is 1. The molecule has 34 heavy (non-hydrogen) atoms. The second kappa shape index (κ2) is 11.7. The lowest BCUT2D eigenvalue weighted by atomic mass is 10.1. The van der Waals surface area contributed by atoms with Crippen LogP contribution in [0.5, 0.6) is 11.5 Å². The third-order valence-electron chi connectivity index (χ3n) is 6.25. The van der Waals surface area contributed by atoms with Crippen LogP contribution >= 0.6 is 0 Å². The first-order valence-electron chi connectivity index (χ1n) is 11.9. The van der Waals surface area contributed by atoms with E-state index in [-0.39, 0.29) is 29.8 Å². The number of ether oxygens (including phenoxy) is 2. The lowest BCUT2D eigenvalue weighted by molar-refractivity contribution is 0.0931. The zero-order valence-electron chi connectivity index (χ0n) is 20.5. The van der Waals surface area contributed by atoms with Gasteiger partial charge in [0.05, 0.1) is 14.2 Å². The smallest absolute Gasteiger partial charge is 0.257 e. The number of nitrogens with zero attached hydrogens (tertiary/aromatic N) is 1. The summed E-state index contributed by atoms with van der Waals surface area (Å²) in [5.74, 6) is 0.0961. The number of hydrogen-bond donors (Lipinski definition) is 2. The molecule has 2 N–H and O–H groups in total. The third kappa shape index (κ3) is 5.98. The van der Waals surface area contributed by atoms with Crippen LogP contribution in [0.3, 0.4) is 0 Å². The van der Waals surface area contributed by atoms with Crippen LogP contribution in [0.2, 0.25) is 0 Å². The molecule has 0 saturated heterocycles. The lowest BCUT2D eigenvalue weighted by Gasteiger charge is -2.18. The Morgan fingerprint density at radius 3 is 2.24 bits per heavy atom. The minimum Gasteiger partial charge on any atom is -0.493 e. The molecule has 1 aliphatic rings. The lowest BCUT2D eigenvalue weighted by Crippen LogP contribution is -2.39. The minimum absolute atomic E-state index is 0.00967. The molecular weight excluding hydrogens is 434 g/mol. The number of carbonyl (C=O) groups is 2. The summed E-state index contributed by atoms with van der Waals surface area (Å²) in [7, 11) is 3.07. The third-order valence-corrected chi connectivity index (χ3v) is 6.25. The Balaban J connectivity index is 1.84. The van der Waals surface area contributed by atoms with Crippen molar-refractivity contribution in [1.82, 2.24) is 15.2 Å². The normalized spacial score (nSPS) is 14.4. The highest BCUT2D eigenvalue weighted by atomic mass is 16.5. The maximum Gasteiger partial charge on any atom is 0.257 e. The molecule has 0 bridgehead atoms. The van der Waals surface area contributed by atoms with Crippen molar-refractivity contribution in [3.63, 3.8) is 0 Å². The molecule has 1 aromatic heterocycles. The average molecular weight is 470 g/mol. The number of methoxy groups -OCH3 is 2. The van der Waals surface area contributed by atoms with Gasteiger partial charge in [0.2, 0.25) is 5.43 Å². The molecule has 8 nitrogen and oxygen atoms in total. The van der Waals surface area contributed by atoms with E-state index >= 15 is 0 Å². The van der Waals surface area contributed by atoms with E-state index in [2.05, 4.69) is 10.6 Å². The van der Waals surface area contributed by atoms with E-state index in [1.54, 1.807) is 30.0 Å². The summed E-state index contributed by atoms with van der Waals surface area (Å²) in [5.41, 5.74) is 0.0633. The standard InChI is InChI=1S/C26H35N3O5/c1-17(2)29-15-20(25(31)27-14-18-10-9-13-22(33-3)24(18)34-4)23(30)21(16-29)26(32)28-19-11-7-5-6-8-12-19/h9-10,13,15-17,19H,5-8,11-12,14H2,1-4H3,(H,27,31)(H,28,32). The zero-order valence-corrected chi connectivity index (χ0v) is 20.5. The quantitative estimate of drug-likeness (QED) is 0.573. The SMILES string of the molecule is COc1cccc(CNC(=O)c2cn(C(C)C)cc(C(=O)NC3CCCCCC3)c2=O)c1OC. The predicted octanol–water partition coefficient (Wildman–Crippen LogP) is 3.83. The van der Waals surface area contributed by atoms with Gasteiger partial charge in [-0.25, -0.2) is 0 Å². The molecule has 1 fully saturated rings. The summed E-state index contributed by atoms with van der Waals surface area (Å²) in [6, 6.07) is 5.40. The van der Waals surface area contributed by atoms with Crippen molar-refractivity contribution in [2.24, 2.45) is 0 Å². The summed E-state index contributed by atoms with van der Waals surface area (Å²) in [5, 5.41) is 5.80. The van der Waals surface area contributed by atoms with Crippen LogP contribution in [-0.2, 0) is 6.54 Å². The van der Waals surface area contributed by atoms with Gasteiger partial charge in [-0.2, -0.15) is 0 Å². The van der Waals surface area contributed by atoms with Crippen molar-refractivity contribution >= 4 is 11.8 Å². The topological polar surface area (TPSA) is 98.7 Å². The van der Waals surface area contributed by atoms with E-state index in [4.69, 9.17) is 9.47 Å². The Kier molecular flexibility index (Phi) is 8.73. The van der Waals surface area contributed by atoms with Gasteiger partial charge in [0.1, 0.15) is 11.1 Å². The van der Waals surface area contributed by atoms with Crippen molar-refractivity contribution < 1.29 is 19.1 Å². The monoisotopic (exact) mass is 469 g/mol. The van der Waals surface area contributed by atoms with Crippen LogP contribution in [0.1, 0.15) is 84.7 Å². The predicted molar refractivity (Wildman–Crippen MR) is 131 cm³/mol. The number of para-hydroxylation sites is 1. The van der Waals surface area contributed by atoms with Crippen molar-refractivity contribution in [3.8, 4) is 11.5 Å². The number of aromatic nitrogens is 1. The van der Waals surface area contributed by atoms with E-state index < -0.39 is 17.2 Å². The molecule has 2 amide bonds. The van der Waals surface area contributed by atoms with E-state index in [0.29, 0.717) is 17.1 Å². The number of amides is 2. The van der Waals surface area contributed by atoms with Gasteiger partial charge in [-0.1, -0.05) is 37.8 Å². The van der Waals surface area contributed by atoms with Gasteiger partial charge in [-0.3, -0.25) is 14.4 Å². The molecule has 184 valence electrons. The largest absolute Gasteiger partial charge is 0.493 e. The Morgan fingerprint density at radius 2 is 1.65 bits per heavy atom. The fourth-order valence-electron chi connectivity index (χ4n) is 4.27. The van der Waals surface area contributed by atoms with Crippen molar-refractivity contribution in [2.75, 3.05) is 14.2 Å². The maximum atomic E-state index is 13.2. The molecule has 0 radical (unpaired) electrons.